The summed E-state index contributed by atoms with van der Waals surface area (Å²) in [6, 6.07) is 54.7. The lowest BCUT2D eigenvalue weighted by atomic mass is 9.83. The molecule has 0 unspecified atom stereocenters. The van der Waals surface area contributed by atoms with Gasteiger partial charge in [0.2, 0.25) is 0 Å². The van der Waals surface area contributed by atoms with E-state index in [1.54, 1.807) is 6.20 Å². The molecular weight excluding hydrogens is 556 g/mol. The number of nitrogens with zero attached hydrogens (tertiary/aromatic N) is 2. The lowest BCUT2D eigenvalue weighted by Crippen LogP contribution is -1.93. The van der Waals surface area contributed by atoms with Crippen molar-refractivity contribution in [2.75, 3.05) is 0 Å². The highest BCUT2D eigenvalue weighted by atomic mass is 14.7. The maximum atomic E-state index is 4.94. The van der Waals surface area contributed by atoms with Gasteiger partial charge in [-0.3, -0.25) is 9.97 Å². The van der Waals surface area contributed by atoms with Crippen LogP contribution in [0.25, 0.3) is 87.7 Å². The van der Waals surface area contributed by atoms with Gasteiger partial charge in [-0.25, -0.2) is 0 Å². The predicted octanol–water partition coefficient (Wildman–Crippen LogP) is 11.8. The average Bonchev–Trinajstić information content (AvgIpc) is 3.14. The molecule has 0 radical (unpaired) electrons. The molecule has 0 saturated carbocycles. The van der Waals surface area contributed by atoms with Crippen molar-refractivity contribution < 1.29 is 0 Å². The quantitative estimate of drug-likeness (QED) is 0.152. The van der Waals surface area contributed by atoms with Crippen LogP contribution in [-0.2, 0) is 0 Å². The first-order valence-electron chi connectivity index (χ1n) is 15.6. The van der Waals surface area contributed by atoms with Crippen molar-refractivity contribution in [1.82, 2.24) is 9.97 Å². The molecule has 2 heterocycles. The van der Waals surface area contributed by atoms with Crippen LogP contribution < -0.4 is 0 Å². The van der Waals surface area contributed by atoms with Crippen molar-refractivity contribution in [3.8, 4) is 44.6 Å². The Balaban J connectivity index is 1.38. The minimum atomic E-state index is 0.943. The zero-order valence-corrected chi connectivity index (χ0v) is 25.1. The van der Waals surface area contributed by atoms with E-state index in [-0.39, 0.29) is 0 Å². The van der Waals surface area contributed by atoms with E-state index in [2.05, 4.69) is 151 Å². The van der Waals surface area contributed by atoms with Crippen LogP contribution in [0.3, 0.4) is 0 Å². The Labute approximate surface area is 267 Å². The van der Waals surface area contributed by atoms with Crippen LogP contribution in [0.2, 0.25) is 0 Å². The number of hydrogen-bond donors (Lipinski definition) is 0. The Bertz CT molecular complexity index is 2550. The topological polar surface area (TPSA) is 25.8 Å². The summed E-state index contributed by atoms with van der Waals surface area (Å²) in [6.07, 6.45) is 5.62. The molecule has 2 heteroatoms. The number of pyridine rings is 2. The van der Waals surface area contributed by atoms with Crippen molar-refractivity contribution >= 4 is 43.1 Å². The van der Waals surface area contributed by atoms with Crippen molar-refractivity contribution in [1.29, 1.82) is 0 Å². The van der Waals surface area contributed by atoms with Crippen LogP contribution >= 0.6 is 0 Å². The Morgan fingerprint density at radius 3 is 1.74 bits per heavy atom. The molecule has 2 aromatic heterocycles. The van der Waals surface area contributed by atoms with Gasteiger partial charge in [-0.15, -0.1) is 0 Å². The van der Waals surface area contributed by atoms with Crippen LogP contribution in [-0.4, -0.2) is 9.97 Å². The van der Waals surface area contributed by atoms with E-state index in [0.717, 1.165) is 22.4 Å². The molecule has 46 heavy (non-hydrogen) atoms. The predicted molar refractivity (Wildman–Crippen MR) is 194 cm³/mol. The average molecular weight is 585 g/mol. The third-order valence-electron chi connectivity index (χ3n) is 9.18. The molecule has 7 aromatic carbocycles. The lowest BCUT2D eigenvalue weighted by Gasteiger charge is -2.20. The molecule has 2 nitrogen and oxygen atoms in total. The van der Waals surface area contributed by atoms with Crippen LogP contribution in [0.4, 0.5) is 0 Å². The smallest absolute Gasteiger partial charge is 0.0702 e. The lowest BCUT2D eigenvalue weighted by molar-refractivity contribution is 1.30. The van der Waals surface area contributed by atoms with Gasteiger partial charge in [0, 0.05) is 35.3 Å². The van der Waals surface area contributed by atoms with E-state index in [9.17, 15) is 0 Å². The van der Waals surface area contributed by atoms with Gasteiger partial charge in [-0.1, -0.05) is 127 Å². The molecule has 0 saturated heterocycles. The molecule has 214 valence electrons. The van der Waals surface area contributed by atoms with Crippen LogP contribution in [0.1, 0.15) is 0 Å². The second-order valence-corrected chi connectivity index (χ2v) is 11.8. The molecule has 0 amide bonds. The second kappa shape index (κ2) is 10.8. The summed E-state index contributed by atoms with van der Waals surface area (Å²) in [5.74, 6) is 0. The Hall–Kier alpha value is -6.12. The first kappa shape index (κ1) is 26.3. The van der Waals surface area contributed by atoms with Crippen molar-refractivity contribution in [2.24, 2.45) is 0 Å². The van der Waals surface area contributed by atoms with Crippen molar-refractivity contribution in [2.45, 2.75) is 0 Å². The standard InChI is InChI=1S/C44H28N2/c1-2-11-29(12-3-1)43-37-18-8-9-19-38(37)44(40-25-30-13-4-5-15-34(30)35-16-6-7-17-36(35)40)41-26-31(20-22-39(41)43)42-23-21-33(28-46-42)32-14-10-24-45-27-32/h1-28H. The first-order valence-corrected chi connectivity index (χ1v) is 15.6. The van der Waals surface area contributed by atoms with Crippen molar-refractivity contribution in [3.63, 3.8) is 0 Å². The zero-order valence-electron chi connectivity index (χ0n) is 25.1. The largest absolute Gasteiger partial charge is 0.264 e. The maximum absolute atomic E-state index is 4.94. The van der Waals surface area contributed by atoms with E-state index < -0.39 is 0 Å². The van der Waals surface area contributed by atoms with E-state index >= 15 is 0 Å². The summed E-state index contributed by atoms with van der Waals surface area (Å²) in [4.78, 5) is 9.23. The van der Waals surface area contributed by atoms with E-state index in [1.807, 2.05) is 18.5 Å². The van der Waals surface area contributed by atoms with Gasteiger partial charge < -0.3 is 0 Å². The molecule has 9 aromatic rings. The molecule has 0 spiro atoms. The highest BCUT2D eigenvalue weighted by Crippen LogP contribution is 2.47. The molecule has 9 rings (SSSR count). The van der Waals surface area contributed by atoms with E-state index in [0.29, 0.717) is 0 Å². The van der Waals surface area contributed by atoms with Gasteiger partial charge in [0.25, 0.3) is 0 Å². The van der Waals surface area contributed by atoms with Crippen LogP contribution in [0.5, 0.6) is 0 Å². The fraction of sp³-hybridized carbons (Fsp3) is 0. The summed E-state index contributed by atoms with van der Waals surface area (Å²) in [6.45, 7) is 0. The van der Waals surface area contributed by atoms with Crippen molar-refractivity contribution in [3.05, 3.63) is 170 Å². The summed E-state index contributed by atoms with van der Waals surface area (Å²) in [7, 11) is 0. The fourth-order valence-electron chi connectivity index (χ4n) is 7.07. The third kappa shape index (κ3) is 4.27. The molecule has 0 aliphatic rings. The van der Waals surface area contributed by atoms with E-state index in [1.165, 1.54) is 65.3 Å². The molecule has 0 bridgehead atoms. The van der Waals surface area contributed by atoms with Gasteiger partial charge in [-0.05, 0) is 89.6 Å². The van der Waals surface area contributed by atoms with Crippen LogP contribution in [0, 0.1) is 0 Å². The third-order valence-corrected chi connectivity index (χ3v) is 9.18. The molecule has 0 fully saturated rings. The Kier molecular flexibility index (Phi) is 6.17. The molecule has 0 N–H and O–H groups in total. The van der Waals surface area contributed by atoms with Gasteiger partial charge in [0.05, 0.1) is 5.69 Å². The number of aromatic nitrogens is 2. The van der Waals surface area contributed by atoms with Gasteiger partial charge >= 0.3 is 0 Å². The normalized spacial score (nSPS) is 11.5. The number of hydrogen-bond acceptors (Lipinski definition) is 2. The molecule has 0 atom stereocenters. The van der Waals surface area contributed by atoms with Gasteiger partial charge in [-0.2, -0.15) is 0 Å². The van der Waals surface area contributed by atoms with Gasteiger partial charge in [0.15, 0.2) is 0 Å². The summed E-state index contributed by atoms with van der Waals surface area (Å²) >= 11 is 0. The maximum Gasteiger partial charge on any atom is 0.0702 e. The van der Waals surface area contributed by atoms with E-state index in [4.69, 9.17) is 4.98 Å². The number of benzene rings is 7. The minimum absolute atomic E-state index is 0.943. The molecular formula is C44H28N2. The Morgan fingerprint density at radius 2 is 0.978 bits per heavy atom. The van der Waals surface area contributed by atoms with Gasteiger partial charge in [0.1, 0.15) is 0 Å². The first-order chi connectivity index (χ1) is 22.8. The van der Waals surface area contributed by atoms with Crippen LogP contribution in [0.15, 0.2) is 170 Å². The number of rotatable bonds is 4. The highest BCUT2D eigenvalue weighted by Gasteiger charge is 2.20. The molecule has 0 aliphatic carbocycles. The zero-order chi connectivity index (χ0) is 30.5. The summed E-state index contributed by atoms with van der Waals surface area (Å²) in [5.41, 5.74) is 9.11. The summed E-state index contributed by atoms with van der Waals surface area (Å²) < 4.78 is 0. The fourth-order valence-corrected chi connectivity index (χ4v) is 7.07. The Morgan fingerprint density at radius 1 is 0.348 bits per heavy atom. The summed E-state index contributed by atoms with van der Waals surface area (Å²) in [5, 5.41) is 9.97. The molecule has 0 aliphatic heterocycles. The second-order valence-electron chi connectivity index (χ2n) is 11.8. The number of fused-ring (bicyclic) bond motifs is 5. The minimum Gasteiger partial charge on any atom is -0.264 e. The SMILES string of the molecule is c1ccc(-c2c3ccccc3c(-c3cc4ccccc4c4ccccc34)c3cc(-c4ccc(-c5cccnc5)cn4)ccc23)cc1. The highest BCUT2D eigenvalue weighted by molar-refractivity contribution is 6.26. The monoisotopic (exact) mass is 584 g/mol.